The lowest BCUT2D eigenvalue weighted by atomic mass is 10.0. The highest BCUT2D eigenvalue weighted by atomic mass is 79.9. The van der Waals surface area contributed by atoms with Crippen LogP contribution in [0.4, 0.5) is 22.0 Å². The van der Waals surface area contributed by atoms with E-state index in [-0.39, 0.29) is 23.8 Å². The van der Waals surface area contributed by atoms with Crippen molar-refractivity contribution in [2.75, 3.05) is 0 Å². The summed E-state index contributed by atoms with van der Waals surface area (Å²) in [6.45, 7) is -0.114. The molecule has 0 spiro atoms. The van der Waals surface area contributed by atoms with E-state index in [1.54, 1.807) is 28.8 Å². The SMILES string of the molecule is [O-]C(c1ccccc1CBr)c1n(-c2c(F)c(F)c(F)c(F)c2F)nc2[n+]1C1c3ccccc3C[C@@H]1OC2. The highest BCUT2D eigenvalue weighted by Crippen LogP contribution is 2.38. The molecule has 6 rings (SSSR count). The number of hydrogen-bond acceptors (Lipinski definition) is 3. The number of rotatable bonds is 4. The van der Waals surface area contributed by atoms with Gasteiger partial charge < -0.3 is 9.84 Å². The maximum Gasteiger partial charge on any atom is 0.304 e. The Labute approximate surface area is 215 Å². The van der Waals surface area contributed by atoms with Crippen LogP contribution in [0.3, 0.4) is 0 Å². The first-order chi connectivity index (χ1) is 17.8. The number of benzene rings is 3. The van der Waals surface area contributed by atoms with Crippen molar-refractivity contribution in [2.24, 2.45) is 0 Å². The van der Waals surface area contributed by atoms with Crippen LogP contribution in [0.15, 0.2) is 48.5 Å². The molecule has 2 aliphatic rings. The predicted octanol–water partition coefficient (Wildman–Crippen LogP) is 4.24. The van der Waals surface area contributed by atoms with Crippen LogP contribution in [-0.2, 0) is 23.1 Å². The van der Waals surface area contributed by atoms with Crippen molar-refractivity contribution in [3.8, 4) is 5.69 Å². The third-order valence-corrected chi connectivity index (χ3v) is 7.53. The first-order valence-electron chi connectivity index (χ1n) is 11.4. The van der Waals surface area contributed by atoms with Crippen molar-refractivity contribution in [3.05, 3.63) is 112 Å². The molecular weight excluding hydrogens is 561 g/mol. The Morgan fingerprint density at radius 2 is 1.62 bits per heavy atom. The maximum atomic E-state index is 15.0. The van der Waals surface area contributed by atoms with Gasteiger partial charge in [0.1, 0.15) is 18.8 Å². The van der Waals surface area contributed by atoms with E-state index >= 15 is 8.78 Å². The summed E-state index contributed by atoms with van der Waals surface area (Å²) < 4.78 is 80.4. The van der Waals surface area contributed by atoms with Gasteiger partial charge in [0.15, 0.2) is 0 Å². The number of fused-ring (bicyclic) bond motifs is 5. The molecule has 4 aromatic rings. The zero-order chi connectivity index (χ0) is 26.0. The van der Waals surface area contributed by atoms with Crippen LogP contribution in [0.1, 0.15) is 46.0 Å². The Morgan fingerprint density at radius 3 is 2.35 bits per heavy atom. The lowest BCUT2D eigenvalue weighted by Gasteiger charge is -2.29. The molecule has 0 bridgehead atoms. The van der Waals surface area contributed by atoms with E-state index in [2.05, 4.69) is 21.0 Å². The molecule has 3 atom stereocenters. The van der Waals surface area contributed by atoms with Gasteiger partial charge in [-0.1, -0.05) is 69.1 Å². The van der Waals surface area contributed by atoms with Crippen LogP contribution in [-0.4, -0.2) is 15.9 Å². The standard InChI is InChI=1S/C26H17BrF5N3O2/c27-10-13-6-2-4-8-15(13)25(36)26-34-17(11-37-16-9-12-5-1-3-7-14(12)23(16)34)33-35(26)24-21(31)19(29)18(28)20(30)22(24)32/h1-8,16,23,25H,9-11H2/t16-,23?,25?/m0/s1. The summed E-state index contributed by atoms with van der Waals surface area (Å²) in [6.07, 6.45) is -1.65. The first-order valence-corrected chi connectivity index (χ1v) is 12.5. The molecular formula is C26H17BrF5N3O2. The van der Waals surface area contributed by atoms with Gasteiger partial charge in [-0.05, 0) is 28.4 Å². The van der Waals surface area contributed by atoms with Gasteiger partial charge in [0.05, 0.1) is 0 Å². The van der Waals surface area contributed by atoms with Gasteiger partial charge in [0, 0.05) is 16.8 Å². The molecule has 0 saturated heterocycles. The van der Waals surface area contributed by atoms with Crippen LogP contribution in [0.25, 0.3) is 5.69 Å². The minimum absolute atomic E-state index is 0.114. The van der Waals surface area contributed by atoms with Crippen molar-refractivity contribution in [2.45, 2.75) is 36.6 Å². The summed E-state index contributed by atoms with van der Waals surface area (Å²) in [5, 5.41) is 18.7. The molecule has 1 aromatic heterocycles. The zero-order valence-electron chi connectivity index (χ0n) is 18.9. The average Bonchev–Trinajstić information content (AvgIpc) is 3.48. The third kappa shape index (κ3) is 3.55. The number of alkyl halides is 1. The van der Waals surface area contributed by atoms with Gasteiger partial charge in [0.25, 0.3) is 0 Å². The van der Waals surface area contributed by atoms with E-state index < -0.39 is 53.0 Å². The van der Waals surface area contributed by atoms with Crippen molar-refractivity contribution in [1.29, 1.82) is 0 Å². The highest BCUT2D eigenvalue weighted by molar-refractivity contribution is 9.08. The van der Waals surface area contributed by atoms with Crippen molar-refractivity contribution in [3.63, 3.8) is 0 Å². The molecule has 1 aliphatic heterocycles. The second-order valence-corrected chi connectivity index (χ2v) is 9.45. The number of hydrogen-bond donors (Lipinski definition) is 0. The van der Waals surface area contributed by atoms with Gasteiger partial charge in [0.2, 0.25) is 40.6 Å². The van der Waals surface area contributed by atoms with Crippen LogP contribution in [0.5, 0.6) is 0 Å². The average molecular weight is 578 g/mol. The van der Waals surface area contributed by atoms with Gasteiger partial charge >= 0.3 is 5.82 Å². The molecule has 11 heteroatoms. The fraction of sp³-hybridized carbons (Fsp3) is 0.231. The molecule has 190 valence electrons. The van der Waals surface area contributed by atoms with Crippen LogP contribution in [0, 0.1) is 29.1 Å². The minimum Gasteiger partial charge on any atom is -0.841 e. The van der Waals surface area contributed by atoms with Crippen molar-refractivity contribution >= 4 is 15.9 Å². The predicted molar refractivity (Wildman–Crippen MR) is 121 cm³/mol. The summed E-state index contributed by atoms with van der Waals surface area (Å²) in [5.41, 5.74) is 1.37. The van der Waals surface area contributed by atoms with Gasteiger partial charge in [-0.25, -0.2) is 17.7 Å². The number of aromatic nitrogens is 3. The zero-order valence-corrected chi connectivity index (χ0v) is 20.5. The van der Waals surface area contributed by atoms with Crippen LogP contribution in [0.2, 0.25) is 0 Å². The maximum absolute atomic E-state index is 15.0. The number of halogens is 6. The van der Waals surface area contributed by atoms with E-state index in [4.69, 9.17) is 4.74 Å². The van der Waals surface area contributed by atoms with Crippen LogP contribution >= 0.6 is 15.9 Å². The van der Waals surface area contributed by atoms with E-state index in [1.165, 1.54) is 0 Å². The second-order valence-electron chi connectivity index (χ2n) is 8.88. The highest BCUT2D eigenvalue weighted by Gasteiger charge is 2.47. The fourth-order valence-corrected chi connectivity index (χ4v) is 5.77. The summed E-state index contributed by atoms with van der Waals surface area (Å²) in [6, 6.07) is 13.5. The van der Waals surface area contributed by atoms with Gasteiger partial charge in [-0.15, -0.1) is 0 Å². The Morgan fingerprint density at radius 1 is 0.973 bits per heavy atom. The molecule has 3 aromatic carbocycles. The molecule has 0 radical (unpaired) electrons. The molecule has 2 heterocycles. The van der Waals surface area contributed by atoms with Gasteiger partial charge in [-0.2, -0.15) is 8.78 Å². The third-order valence-electron chi connectivity index (χ3n) is 6.92. The van der Waals surface area contributed by atoms with Gasteiger partial charge in [-0.3, -0.25) is 0 Å². The Hall–Kier alpha value is -3.15. The second kappa shape index (κ2) is 9.00. The molecule has 37 heavy (non-hydrogen) atoms. The summed E-state index contributed by atoms with van der Waals surface area (Å²) in [7, 11) is 0. The first kappa shape index (κ1) is 24.2. The molecule has 1 aliphatic carbocycles. The molecule has 5 nitrogen and oxygen atoms in total. The molecule has 0 N–H and O–H groups in total. The normalized spacial score (nSPS) is 18.9. The minimum atomic E-state index is -2.29. The monoisotopic (exact) mass is 577 g/mol. The Balaban J connectivity index is 1.68. The Kier molecular flexibility index (Phi) is 5.89. The molecule has 2 unspecified atom stereocenters. The summed E-state index contributed by atoms with van der Waals surface area (Å²) in [5.74, 6) is -10.8. The molecule has 0 amide bonds. The van der Waals surface area contributed by atoms with E-state index in [0.29, 0.717) is 22.0 Å². The quantitative estimate of drug-likeness (QED) is 0.120. The van der Waals surface area contributed by atoms with Crippen LogP contribution < -0.4 is 9.67 Å². The largest absolute Gasteiger partial charge is 0.841 e. The summed E-state index contributed by atoms with van der Waals surface area (Å²) >= 11 is 3.35. The van der Waals surface area contributed by atoms with E-state index in [1.807, 2.05) is 24.3 Å². The lowest BCUT2D eigenvalue weighted by molar-refractivity contribution is -0.754. The van der Waals surface area contributed by atoms with Crippen molar-refractivity contribution < 1.29 is 36.4 Å². The molecule has 0 saturated carbocycles. The van der Waals surface area contributed by atoms with Crippen molar-refractivity contribution in [1.82, 2.24) is 9.78 Å². The van der Waals surface area contributed by atoms with E-state index in [9.17, 15) is 18.3 Å². The van der Waals surface area contributed by atoms with E-state index in [0.717, 1.165) is 11.1 Å². The number of ether oxygens (including phenoxy) is 1. The lowest BCUT2D eigenvalue weighted by Crippen LogP contribution is -2.55. The smallest absolute Gasteiger partial charge is 0.304 e. The fourth-order valence-electron chi connectivity index (χ4n) is 5.26. The summed E-state index contributed by atoms with van der Waals surface area (Å²) in [4.78, 5) is 0. The Bertz CT molecular complexity index is 1530. The topological polar surface area (TPSA) is 54.0 Å². The number of nitrogens with zero attached hydrogens (tertiary/aromatic N) is 3. The molecule has 0 fully saturated rings.